The van der Waals surface area contributed by atoms with E-state index in [2.05, 4.69) is 21.5 Å². The third-order valence-corrected chi connectivity index (χ3v) is 4.15. The minimum Gasteiger partial charge on any atom is -0.508 e. The van der Waals surface area contributed by atoms with Gasteiger partial charge in [0.2, 0.25) is 5.95 Å². The first-order valence-electron chi connectivity index (χ1n) is 8.06. The van der Waals surface area contributed by atoms with E-state index >= 15 is 0 Å². The molecule has 0 spiro atoms. The van der Waals surface area contributed by atoms with Crippen LogP contribution in [0.15, 0.2) is 60.8 Å². The highest BCUT2D eigenvalue weighted by molar-refractivity contribution is 5.69. The van der Waals surface area contributed by atoms with Crippen LogP contribution < -0.4 is 5.32 Å². The number of hydrogen-bond donors (Lipinski definition) is 2. The number of para-hydroxylation sites is 1. The molecule has 26 heavy (non-hydrogen) atoms. The van der Waals surface area contributed by atoms with Gasteiger partial charge in [0.1, 0.15) is 11.8 Å². The lowest BCUT2D eigenvalue weighted by Crippen LogP contribution is -1.95. The Morgan fingerprint density at radius 3 is 2.77 bits per heavy atom. The van der Waals surface area contributed by atoms with Crippen molar-refractivity contribution in [2.24, 2.45) is 0 Å². The number of anilines is 2. The van der Waals surface area contributed by atoms with Gasteiger partial charge in [0, 0.05) is 11.8 Å². The van der Waals surface area contributed by atoms with E-state index < -0.39 is 0 Å². The second-order valence-electron chi connectivity index (χ2n) is 5.94. The number of aromatic hydroxyl groups is 1. The van der Waals surface area contributed by atoms with Crippen molar-refractivity contribution >= 4 is 17.3 Å². The monoisotopic (exact) mass is 341 g/mol. The fourth-order valence-electron chi connectivity index (χ4n) is 2.88. The van der Waals surface area contributed by atoms with Crippen molar-refractivity contribution in [3.63, 3.8) is 0 Å². The molecule has 0 saturated heterocycles. The van der Waals surface area contributed by atoms with Gasteiger partial charge in [0.15, 0.2) is 5.65 Å². The van der Waals surface area contributed by atoms with E-state index in [9.17, 15) is 10.4 Å². The SMILES string of the molecule is Cc1cc(O)ccc1-c1ccc2nc(Nc3ccccc3C#N)nn2c1. The molecule has 0 aliphatic heterocycles. The fourth-order valence-corrected chi connectivity index (χ4v) is 2.88. The minimum absolute atomic E-state index is 0.246. The summed E-state index contributed by atoms with van der Waals surface area (Å²) in [5, 5.41) is 26.3. The van der Waals surface area contributed by atoms with Crippen LogP contribution in [0, 0.1) is 18.3 Å². The molecule has 0 aliphatic carbocycles. The van der Waals surface area contributed by atoms with Gasteiger partial charge < -0.3 is 10.4 Å². The molecule has 0 unspecified atom stereocenters. The van der Waals surface area contributed by atoms with Gasteiger partial charge in [-0.25, -0.2) is 4.52 Å². The third-order valence-electron chi connectivity index (χ3n) is 4.15. The van der Waals surface area contributed by atoms with Crippen LogP contribution in [0.25, 0.3) is 16.8 Å². The summed E-state index contributed by atoms with van der Waals surface area (Å²) in [5.41, 5.74) is 4.87. The summed E-state index contributed by atoms with van der Waals surface area (Å²) in [7, 11) is 0. The van der Waals surface area contributed by atoms with Gasteiger partial charge in [-0.2, -0.15) is 10.2 Å². The topological polar surface area (TPSA) is 86.2 Å². The van der Waals surface area contributed by atoms with Crippen LogP contribution in [0.4, 0.5) is 11.6 Å². The van der Waals surface area contributed by atoms with Gasteiger partial charge >= 0.3 is 0 Å². The molecule has 0 saturated carbocycles. The van der Waals surface area contributed by atoms with Gasteiger partial charge in [-0.3, -0.25) is 0 Å². The Kier molecular flexibility index (Phi) is 3.75. The number of aryl methyl sites for hydroxylation is 1. The van der Waals surface area contributed by atoms with Crippen molar-refractivity contribution in [2.75, 3.05) is 5.32 Å². The van der Waals surface area contributed by atoms with Gasteiger partial charge in [-0.1, -0.05) is 18.2 Å². The molecule has 6 nitrogen and oxygen atoms in total. The Hall–Kier alpha value is -3.85. The molecule has 4 aromatic rings. The first kappa shape index (κ1) is 15.7. The molecule has 126 valence electrons. The Morgan fingerprint density at radius 1 is 1.12 bits per heavy atom. The van der Waals surface area contributed by atoms with Crippen LogP contribution in [0.5, 0.6) is 5.75 Å². The first-order chi connectivity index (χ1) is 12.6. The Labute approximate surface area is 150 Å². The summed E-state index contributed by atoms with van der Waals surface area (Å²) < 4.78 is 1.69. The van der Waals surface area contributed by atoms with Gasteiger partial charge in [-0.05, 0) is 54.4 Å². The number of fused-ring (bicyclic) bond motifs is 1. The fraction of sp³-hybridized carbons (Fsp3) is 0.0500. The van der Waals surface area contributed by atoms with E-state index in [1.165, 1.54) is 0 Å². The quantitative estimate of drug-likeness (QED) is 0.587. The van der Waals surface area contributed by atoms with Crippen LogP contribution >= 0.6 is 0 Å². The third kappa shape index (κ3) is 2.82. The number of nitriles is 1. The van der Waals surface area contributed by atoms with Crippen molar-refractivity contribution < 1.29 is 5.11 Å². The molecule has 2 aromatic heterocycles. The van der Waals surface area contributed by atoms with E-state index in [0.717, 1.165) is 16.7 Å². The molecule has 0 fully saturated rings. The number of pyridine rings is 1. The molecule has 0 radical (unpaired) electrons. The van der Waals surface area contributed by atoms with Crippen molar-refractivity contribution in [1.29, 1.82) is 5.26 Å². The highest BCUT2D eigenvalue weighted by atomic mass is 16.3. The highest BCUT2D eigenvalue weighted by Crippen LogP contribution is 2.27. The van der Waals surface area contributed by atoms with Crippen LogP contribution in [0.2, 0.25) is 0 Å². The summed E-state index contributed by atoms with van der Waals surface area (Å²) >= 11 is 0. The number of phenolic OH excluding ortho intramolecular Hbond substituents is 1. The second kappa shape index (κ2) is 6.22. The van der Waals surface area contributed by atoms with Crippen LogP contribution in [0.1, 0.15) is 11.1 Å². The summed E-state index contributed by atoms with van der Waals surface area (Å²) in [6.45, 7) is 1.95. The number of aromatic nitrogens is 3. The number of nitrogens with zero attached hydrogens (tertiary/aromatic N) is 4. The zero-order chi connectivity index (χ0) is 18.1. The number of benzene rings is 2. The molecule has 6 heteroatoms. The highest BCUT2D eigenvalue weighted by Gasteiger charge is 2.09. The normalized spacial score (nSPS) is 10.6. The molecule has 2 N–H and O–H groups in total. The first-order valence-corrected chi connectivity index (χ1v) is 8.06. The predicted octanol–water partition coefficient (Wildman–Crippen LogP) is 4.03. The largest absolute Gasteiger partial charge is 0.508 e. The maximum absolute atomic E-state index is 9.58. The predicted molar refractivity (Wildman–Crippen MR) is 99.3 cm³/mol. The number of hydrogen-bond acceptors (Lipinski definition) is 5. The number of nitrogens with one attached hydrogen (secondary N) is 1. The van der Waals surface area contributed by atoms with E-state index in [-0.39, 0.29) is 5.75 Å². The molecular formula is C20H15N5O. The van der Waals surface area contributed by atoms with E-state index in [0.29, 0.717) is 22.8 Å². The molecule has 0 bridgehead atoms. The maximum atomic E-state index is 9.58. The summed E-state index contributed by atoms with van der Waals surface area (Å²) in [5.74, 6) is 0.669. The lowest BCUT2D eigenvalue weighted by molar-refractivity contribution is 0.475. The van der Waals surface area contributed by atoms with Crippen molar-refractivity contribution in [3.05, 3.63) is 71.9 Å². The molecule has 0 amide bonds. The average Bonchev–Trinajstić information content (AvgIpc) is 3.03. The van der Waals surface area contributed by atoms with Crippen LogP contribution in [-0.2, 0) is 0 Å². The Bertz CT molecular complexity index is 1160. The second-order valence-corrected chi connectivity index (χ2v) is 5.94. The number of rotatable bonds is 3. The summed E-state index contributed by atoms with van der Waals surface area (Å²) in [6, 6.07) is 18.5. The summed E-state index contributed by atoms with van der Waals surface area (Å²) in [4.78, 5) is 4.45. The number of phenols is 1. The van der Waals surface area contributed by atoms with E-state index in [4.69, 9.17) is 0 Å². The minimum atomic E-state index is 0.246. The van der Waals surface area contributed by atoms with Crippen molar-refractivity contribution in [2.45, 2.75) is 6.92 Å². The van der Waals surface area contributed by atoms with Crippen LogP contribution in [-0.4, -0.2) is 19.7 Å². The van der Waals surface area contributed by atoms with E-state index in [1.807, 2.05) is 49.5 Å². The molecule has 2 heterocycles. The van der Waals surface area contributed by atoms with Gasteiger partial charge in [0.25, 0.3) is 0 Å². The van der Waals surface area contributed by atoms with Crippen molar-refractivity contribution in [3.8, 4) is 22.9 Å². The van der Waals surface area contributed by atoms with Gasteiger partial charge in [-0.15, -0.1) is 5.10 Å². The van der Waals surface area contributed by atoms with Crippen LogP contribution in [0.3, 0.4) is 0 Å². The zero-order valence-corrected chi connectivity index (χ0v) is 14.0. The molecular weight excluding hydrogens is 326 g/mol. The lowest BCUT2D eigenvalue weighted by Gasteiger charge is -2.06. The molecule has 2 aromatic carbocycles. The maximum Gasteiger partial charge on any atom is 0.247 e. The van der Waals surface area contributed by atoms with Crippen molar-refractivity contribution in [1.82, 2.24) is 14.6 Å². The smallest absolute Gasteiger partial charge is 0.247 e. The summed E-state index contributed by atoms with van der Waals surface area (Å²) in [6.07, 6.45) is 1.89. The van der Waals surface area contributed by atoms with Gasteiger partial charge in [0.05, 0.1) is 11.3 Å². The average molecular weight is 341 g/mol. The lowest BCUT2D eigenvalue weighted by atomic mass is 10.0. The Morgan fingerprint density at radius 2 is 1.96 bits per heavy atom. The van der Waals surface area contributed by atoms with E-state index in [1.54, 1.807) is 22.7 Å². The molecule has 0 aliphatic rings. The zero-order valence-electron chi connectivity index (χ0n) is 14.0. The Balaban J connectivity index is 1.71. The molecule has 0 atom stereocenters. The standard InChI is InChI=1S/C20H15N5O/c1-13-10-16(26)7-8-17(13)15-6-9-19-23-20(24-25(19)12-15)22-18-5-3-2-4-14(18)11-21/h2-10,12,26H,1H3,(H,22,24). The molecule has 4 rings (SSSR count).